The number of benzene rings is 3. The highest BCUT2D eigenvalue weighted by Crippen LogP contribution is 2.24. The zero-order valence-electron chi connectivity index (χ0n) is 18.5. The molecule has 0 atom stereocenters. The molecule has 0 radical (unpaired) electrons. The van der Waals surface area contributed by atoms with Gasteiger partial charge in [0.15, 0.2) is 5.78 Å². The smallest absolute Gasteiger partial charge is 0.235 e. The predicted molar refractivity (Wildman–Crippen MR) is 126 cm³/mol. The molecule has 4 rings (SSSR count). The van der Waals surface area contributed by atoms with Crippen molar-refractivity contribution in [1.82, 2.24) is 4.57 Å². The van der Waals surface area contributed by atoms with Crippen LogP contribution in [0.4, 0.5) is 0 Å². The Labute approximate surface area is 183 Å². The molecule has 0 fully saturated rings. The number of rotatable bonds is 5. The van der Waals surface area contributed by atoms with Crippen LogP contribution in [0, 0.1) is 27.7 Å². The highest BCUT2D eigenvalue weighted by atomic mass is 16.2. The Kier molecular flexibility index (Phi) is 5.60. The summed E-state index contributed by atoms with van der Waals surface area (Å²) in [5, 5.41) is 0.824. The Hall–Kier alpha value is -3.46. The second-order valence-corrected chi connectivity index (χ2v) is 8.44. The Morgan fingerprint density at radius 3 is 1.90 bits per heavy atom. The average molecular weight is 410 g/mol. The maximum Gasteiger partial charge on any atom is 0.235 e. The monoisotopic (exact) mass is 409 g/mol. The molecule has 4 aromatic rings. The van der Waals surface area contributed by atoms with Crippen LogP contribution in [0.25, 0.3) is 10.9 Å². The number of hydrogen-bond acceptors (Lipinski definition) is 2. The van der Waals surface area contributed by atoms with Crippen LogP contribution >= 0.6 is 0 Å². The largest absolute Gasteiger partial charge is 0.294 e. The summed E-state index contributed by atoms with van der Waals surface area (Å²) >= 11 is 0. The van der Waals surface area contributed by atoms with E-state index < -0.39 is 0 Å². The van der Waals surface area contributed by atoms with Crippen molar-refractivity contribution < 1.29 is 9.59 Å². The highest BCUT2D eigenvalue weighted by Gasteiger charge is 2.19. The van der Waals surface area contributed by atoms with Gasteiger partial charge in [-0.2, -0.15) is 0 Å². The molecule has 0 saturated heterocycles. The minimum Gasteiger partial charge on any atom is -0.294 e. The first kappa shape index (κ1) is 20.8. The van der Waals surface area contributed by atoms with Crippen LogP contribution in [-0.2, 0) is 12.8 Å². The number of nitrogens with zero attached hydrogens (tertiary/aromatic N) is 1. The van der Waals surface area contributed by atoms with Crippen LogP contribution in [0.2, 0.25) is 0 Å². The van der Waals surface area contributed by atoms with Crippen molar-refractivity contribution in [2.24, 2.45) is 0 Å². The number of para-hydroxylation sites is 1. The average Bonchev–Trinajstić information content (AvgIpc) is 3.13. The lowest BCUT2D eigenvalue weighted by Gasteiger charge is -2.07. The Morgan fingerprint density at radius 1 is 0.710 bits per heavy atom. The van der Waals surface area contributed by atoms with Crippen LogP contribution in [-0.4, -0.2) is 16.3 Å². The summed E-state index contributed by atoms with van der Waals surface area (Å²) in [6, 6.07) is 19.9. The minimum atomic E-state index is -0.0373. The topological polar surface area (TPSA) is 39.1 Å². The van der Waals surface area contributed by atoms with Crippen LogP contribution < -0.4 is 0 Å². The fourth-order valence-electron chi connectivity index (χ4n) is 3.98. The van der Waals surface area contributed by atoms with E-state index in [9.17, 15) is 9.59 Å². The van der Waals surface area contributed by atoms with Gasteiger partial charge < -0.3 is 0 Å². The van der Waals surface area contributed by atoms with Gasteiger partial charge in [-0.05, 0) is 67.1 Å². The normalized spacial score (nSPS) is 11.1. The molecule has 1 heterocycles. The van der Waals surface area contributed by atoms with Crippen molar-refractivity contribution in [3.05, 3.63) is 106 Å². The zero-order valence-corrected chi connectivity index (χ0v) is 18.5. The van der Waals surface area contributed by atoms with E-state index in [1.807, 2.05) is 48.5 Å². The molecule has 0 N–H and O–H groups in total. The number of Topliss-reactive ketones (excluding diaryl/α,β-unsaturated/α-hetero) is 1. The molecule has 0 aliphatic carbocycles. The summed E-state index contributed by atoms with van der Waals surface area (Å²) in [4.78, 5) is 26.3. The quantitative estimate of drug-likeness (QED) is 0.369. The van der Waals surface area contributed by atoms with Gasteiger partial charge in [-0.1, -0.05) is 54.6 Å². The van der Waals surface area contributed by atoms with Gasteiger partial charge in [0.05, 0.1) is 11.9 Å². The fourth-order valence-corrected chi connectivity index (χ4v) is 3.98. The standard InChI is InChI=1S/C28H27NO2/c1-18-9-11-22(13-20(18)3)15-27(30)25-17-29(26-8-6-5-7-24(25)26)28(31)16-23-12-10-19(2)21(4)14-23/h5-14,17H,15-16H2,1-4H3. The van der Waals surface area contributed by atoms with Gasteiger partial charge in [-0.3, -0.25) is 14.2 Å². The highest BCUT2D eigenvalue weighted by molar-refractivity contribution is 6.11. The van der Waals surface area contributed by atoms with Crippen LogP contribution in [0.5, 0.6) is 0 Å². The summed E-state index contributed by atoms with van der Waals surface area (Å²) in [5.74, 6) is -0.0122. The molecule has 0 saturated carbocycles. The molecule has 3 heteroatoms. The summed E-state index contributed by atoms with van der Waals surface area (Å²) in [7, 11) is 0. The number of hydrogen-bond donors (Lipinski definition) is 0. The number of fused-ring (bicyclic) bond motifs is 1. The number of ketones is 1. The van der Waals surface area contributed by atoms with E-state index in [4.69, 9.17) is 0 Å². The molecule has 0 aliphatic heterocycles. The first-order valence-corrected chi connectivity index (χ1v) is 10.6. The lowest BCUT2D eigenvalue weighted by molar-refractivity contribution is 0.0919. The van der Waals surface area contributed by atoms with Crippen LogP contribution in [0.15, 0.2) is 66.9 Å². The van der Waals surface area contributed by atoms with Crippen LogP contribution in [0.1, 0.15) is 48.5 Å². The molecule has 156 valence electrons. The van der Waals surface area contributed by atoms with Crippen molar-refractivity contribution in [3.63, 3.8) is 0 Å². The second kappa shape index (κ2) is 8.35. The first-order valence-electron chi connectivity index (χ1n) is 10.6. The SMILES string of the molecule is Cc1ccc(CC(=O)c2cn(C(=O)Cc3ccc(C)c(C)c3)c3ccccc23)cc1C. The fraction of sp³-hybridized carbons (Fsp3) is 0.214. The molecule has 0 amide bonds. The number of carbonyl (C=O) groups is 2. The molecule has 0 spiro atoms. The lowest BCUT2D eigenvalue weighted by Crippen LogP contribution is -2.13. The zero-order chi connectivity index (χ0) is 22.1. The van der Waals surface area contributed by atoms with Crippen molar-refractivity contribution in [1.29, 1.82) is 0 Å². The van der Waals surface area contributed by atoms with E-state index in [0.717, 1.165) is 22.0 Å². The van der Waals surface area contributed by atoms with Crippen molar-refractivity contribution >= 4 is 22.6 Å². The minimum absolute atomic E-state index is 0.0252. The molecule has 3 aromatic carbocycles. The molecule has 0 bridgehead atoms. The Morgan fingerprint density at radius 2 is 1.29 bits per heavy atom. The summed E-state index contributed by atoms with van der Waals surface area (Å²) < 4.78 is 1.64. The van der Waals surface area contributed by atoms with Gasteiger partial charge in [0, 0.05) is 23.6 Å². The van der Waals surface area contributed by atoms with E-state index in [1.54, 1.807) is 10.8 Å². The number of carbonyl (C=O) groups excluding carboxylic acids is 2. The molecule has 3 nitrogen and oxygen atoms in total. The van der Waals surface area contributed by atoms with Gasteiger partial charge in [-0.25, -0.2) is 0 Å². The van der Waals surface area contributed by atoms with Crippen LogP contribution in [0.3, 0.4) is 0 Å². The lowest BCUT2D eigenvalue weighted by atomic mass is 9.99. The van der Waals surface area contributed by atoms with Gasteiger partial charge in [-0.15, -0.1) is 0 Å². The van der Waals surface area contributed by atoms with E-state index in [0.29, 0.717) is 18.4 Å². The van der Waals surface area contributed by atoms with Crippen molar-refractivity contribution in [2.45, 2.75) is 40.5 Å². The van der Waals surface area contributed by atoms with Gasteiger partial charge in [0.2, 0.25) is 5.91 Å². The van der Waals surface area contributed by atoms with E-state index in [2.05, 4.69) is 39.8 Å². The number of aromatic nitrogens is 1. The maximum atomic E-state index is 13.2. The molecule has 0 aliphatic rings. The maximum absolute atomic E-state index is 13.2. The van der Waals surface area contributed by atoms with E-state index in [1.165, 1.54) is 22.3 Å². The summed E-state index contributed by atoms with van der Waals surface area (Å²) in [6.45, 7) is 8.24. The molecule has 1 aromatic heterocycles. The Balaban J connectivity index is 1.66. The summed E-state index contributed by atoms with van der Waals surface area (Å²) in [5.41, 5.74) is 8.12. The van der Waals surface area contributed by atoms with E-state index >= 15 is 0 Å². The predicted octanol–water partition coefficient (Wildman–Crippen LogP) is 6.18. The third-order valence-corrected chi connectivity index (χ3v) is 6.14. The number of aryl methyl sites for hydroxylation is 4. The van der Waals surface area contributed by atoms with Crippen molar-refractivity contribution in [3.8, 4) is 0 Å². The van der Waals surface area contributed by atoms with Gasteiger partial charge in [0.1, 0.15) is 0 Å². The first-order chi connectivity index (χ1) is 14.8. The second-order valence-electron chi connectivity index (χ2n) is 8.44. The molecular formula is C28H27NO2. The van der Waals surface area contributed by atoms with Crippen molar-refractivity contribution in [2.75, 3.05) is 0 Å². The third-order valence-electron chi connectivity index (χ3n) is 6.14. The molecule has 31 heavy (non-hydrogen) atoms. The third kappa shape index (κ3) is 4.22. The molecule has 0 unspecified atom stereocenters. The molecular weight excluding hydrogens is 382 g/mol. The van der Waals surface area contributed by atoms with Gasteiger partial charge in [0.25, 0.3) is 0 Å². The van der Waals surface area contributed by atoms with Gasteiger partial charge >= 0.3 is 0 Å². The summed E-state index contributed by atoms with van der Waals surface area (Å²) in [6.07, 6.45) is 2.34. The Bertz CT molecular complexity index is 1210. The van der Waals surface area contributed by atoms with E-state index in [-0.39, 0.29) is 11.7 Å².